The fourth-order valence-corrected chi connectivity index (χ4v) is 2.07. The standard InChI is InChI=1S/C16H20F3N5O.ClH/c1-10(2)15(3,9-20)21-14(25)13-8-24(23-22-13)12-6-4-5-11(7-12)16(17,18)19;/h4-8,10H,9,20H2,1-3H3,(H,21,25);1H. The van der Waals surface area contributed by atoms with Crippen molar-refractivity contribution in [3.63, 3.8) is 0 Å². The Morgan fingerprint density at radius 3 is 2.54 bits per heavy atom. The Morgan fingerprint density at radius 1 is 1.35 bits per heavy atom. The number of nitrogens with zero attached hydrogens (tertiary/aromatic N) is 3. The van der Waals surface area contributed by atoms with Crippen molar-refractivity contribution in [1.29, 1.82) is 0 Å². The number of carbonyl (C=O) groups excluding carboxylic acids is 1. The van der Waals surface area contributed by atoms with Gasteiger partial charge in [0.2, 0.25) is 0 Å². The molecule has 0 aliphatic rings. The van der Waals surface area contributed by atoms with Gasteiger partial charge in [0.1, 0.15) is 0 Å². The molecular weight excluding hydrogens is 371 g/mol. The van der Waals surface area contributed by atoms with Gasteiger partial charge in [0.25, 0.3) is 5.91 Å². The highest BCUT2D eigenvalue weighted by atomic mass is 35.5. The van der Waals surface area contributed by atoms with Crippen LogP contribution >= 0.6 is 12.4 Å². The van der Waals surface area contributed by atoms with Gasteiger partial charge in [0, 0.05) is 6.54 Å². The number of rotatable bonds is 5. The largest absolute Gasteiger partial charge is 0.416 e. The molecule has 10 heteroatoms. The summed E-state index contributed by atoms with van der Waals surface area (Å²) in [5.74, 6) is -0.403. The highest BCUT2D eigenvalue weighted by Gasteiger charge is 2.31. The molecular formula is C16H21ClF3N5O. The second-order valence-electron chi connectivity index (χ2n) is 6.33. The molecule has 1 aromatic carbocycles. The third kappa shape index (κ3) is 4.73. The van der Waals surface area contributed by atoms with Crippen LogP contribution in [0.25, 0.3) is 5.69 Å². The lowest BCUT2D eigenvalue weighted by atomic mass is 9.88. The highest BCUT2D eigenvalue weighted by molar-refractivity contribution is 5.92. The number of aromatic nitrogens is 3. The minimum atomic E-state index is -4.46. The number of carbonyl (C=O) groups is 1. The van der Waals surface area contributed by atoms with Crippen LogP contribution in [-0.4, -0.2) is 33.0 Å². The smallest absolute Gasteiger partial charge is 0.344 e. The second kappa shape index (κ2) is 8.05. The average Bonchev–Trinajstić information content (AvgIpc) is 3.04. The minimum Gasteiger partial charge on any atom is -0.344 e. The number of hydrogen-bond donors (Lipinski definition) is 2. The predicted molar refractivity (Wildman–Crippen MR) is 93.4 cm³/mol. The third-order valence-electron chi connectivity index (χ3n) is 4.26. The maximum atomic E-state index is 12.8. The molecule has 3 N–H and O–H groups in total. The molecule has 144 valence electrons. The molecule has 1 aromatic heterocycles. The molecule has 26 heavy (non-hydrogen) atoms. The molecule has 1 amide bonds. The Balaban J connectivity index is 0.00000338. The van der Waals surface area contributed by atoms with Crippen molar-refractivity contribution in [2.45, 2.75) is 32.5 Å². The lowest BCUT2D eigenvalue weighted by Gasteiger charge is -2.33. The van der Waals surface area contributed by atoms with E-state index >= 15 is 0 Å². The summed E-state index contributed by atoms with van der Waals surface area (Å²) in [6.45, 7) is 5.89. The fraction of sp³-hybridized carbons (Fsp3) is 0.438. The molecule has 2 rings (SSSR count). The number of halogens is 4. The average molecular weight is 392 g/mol. The van der Waals surface area contributed by atoms with Gasteiger partial charge in [-0.2, -0.15) is 13.2 Å². The molecule has 1 unspecified atom stereocenters. The van der Waals surface area contributed by atoms with Crippen molar-refractivity contribution in [3.8, 4) is 5.69 Å². The molecule has 0 fully saturated rings. The number of benzene rings is 1. The number of hydrogen-bond acceptors (Lipinski definition) is 4. The van der Waals surface area contributed by atoms with Gasteiger partial charge in [-0.05, 0) is 31.0 Å². The van der Waals surface area contributed by atoms with Gasteiger partial charge in [-0.1, -0.05) is 25.1 Å². The van der Waals surface area contributed by atoms with E-state index in [1.54, 1.807) is 0 Å². The van der Waals surface area contributed by atoms with Gasteiger partial charge in [-0.3, -0.25) is 4.79 Å². The zero-order valence-corrected chi connectivity index (χ0v) is 15.4. The van der Waals surface area contributed by atoms with Crippen LogP contribution in [-0.2, 0) is 6.18 Å². The first-order chi connectivity index (χ1) is 11.6. The summed E-state index contributed by atoms with van der Waals surface area (Å²) in [6, 6.07) is 4.62. The number of nitrogens with one attached hydrogen (secondary N) is 1. The first-order valence-electron chi connectivity index (χ1n) is 7.69. The maximum Gasteiger partial charge on any atom is 0.416 e. The predicted octanol–water partition coefficient (Wildman–Crippen LogP) is 2.81. The molecule has 0 aliphatic heterocycles. The van der Waals surface area contributed by atoms with Gasteiger partial charge in [0.05, 0.1) is 23.0 Å². The van der Waals surface area contributed by atoms with Crippen LogP contribution in [0.3, 0.4) is 0 Å². The molecule has 0 saturated heterocycles. The Labute approximate surface area is 155 Å². The van der Waals surface area contributed by atoms with E-state index in [1.807, 2.05) is 20.8 Å². The zero-order valence-electron chi connectivity index (χ0n) is 14.5. The summed E-state index contributed by atoms with van der Waals surface area (Å²) in [5, 5.41) is 10.3. The lowest BCUT2D eigenvalue weighted by Crippen LogP contribution is -2.55. The van der Waals surface area contributed by atoms with Gasteiger partial charge < -0.3 is 11.1 Å². The van der Waals surface area contributed by atoms with E-state index in [1.165, 1.54) is 18.3 Å². The van der Waals surface area contributed by atoms with Crippen LogP contribution in [0.1, 0.15) is 36.8 Å². The minimum absolute atomic E-state index is 0. The Kier molecular flexibility index (Phi) is 6.78. The van der Waals surface area contributed by atoms with Crippen LogP contribution in [0.4, 0.5) is 13.2 Å². The van der Waals surface area contributed by atoms with Gasteiger partial charge >= 0.3 is 6.18 Å². The number of amides is 1. The van der Waals surface area contributed by atoms with E-state index in [0.717, 1.165) is 16.8 Å². The van der Waals surface area contributed by atoms with Gasteiger partial charge in [0.15, 0.2) is 5.69 Å². The quantitative estimate of drug-likeness (QED) is 0.820. The van der Waals surface area contributed by atoms with E-state index in [9.17, 15) is 18.0 Å². The SMILES string of the molecule is CC(C)C(C)(CN)NC(=O)c1cn(-c2cccc(C(F)(F)F)c2)nn1.Cl. The van der Waals surface area contributed by atoms with Crippen molar-refractivity contribution in [2.24, 2.45) is 11.7 Å². The summed E-state index contributed by atoms with van der Waals surface area (Å²) in [5.41, 5.74) is 4.45. The Hall–Kier alpha value is -2.13. The molecule has 0 aliphatic carbocycles. The van der Waals surface area contributed by atoms with E-state index in [4.69, 9.17) is 5.73 Å². The van der Waals surface area contributed by atoms with Crippen LogP contribution in [0.5, 0.6) is 0 Å². The highest BCUT2D eigenvalue weighted by Crippen LogP contribution is 2.30. The second-order valence-corrected chi connectivity index (χ2v) is 6.33. The fourth-order valence-electron chi connectivity index (χ4n) is 2.07. The van der Waals surface area contributed by atoms with Crippen molar-refractivity contribution in [1.82, 2.24) is 20.3 Å². The summed E-state index contributed by atoms with van der Waals surface area (Å²) in [4.78, 5) is 12.3. The van der Waals surface area contributed by atoms with E-state index in [2.05, 4.69) is 15.6 Å². The zero-order chi connectivity index (χ0) is 18.8. The topological polar surface area (TPSA) is 85.8 Å². The first-order valence-corrected chi connectivity index (χ1v) is 7.69. The number of nitrogens with two attached hydrogens (primary N) is 1. The van der Waals surface area contributed by atoms with E-state index in [-0.39, 0.29) is 36.3 Å². The third-order valence-corrected chi connectivity index (χ3v) is 4.26. The van der Waals surface area contributed by atoms with Crippen LogP contribution in [0.15, 0.2) is 30.5 Å². The molecule has 6 nitrogen and oxygen atoms in total. The molecule has 2 aromatic rings. The van der Waals surface area contributed by atoms with Crippen molar-refractivity contribution in [3.05, 3.63) is 41.7 Å². The summed E-state index contributed by atoms with van der Waals surface area (Å²) >= 11 is 0. The molecule has 0 spiro atoms. The van der Waals surface area contributed by atoms with E-state index in [0.29, 0.717) is 0 Å². The summed E-state index contributed by atoms with van der Waals surface area (Å²) < 4.78 is 39.5. The van der Waals surface area contributed by atoms with Crippen molar-refractivity contribution >= 4 is 18.3 Å². The molecule has 1 heterocycles. The van der Waals surface area contributed by atoms with Crippen molar-refractivity contribution < 1.29 is 18.0 Å². The molecule has 1 atom stereocenters. The molecule has 0 saturated carbocycles. The van der Waals surface area contributed by atoms with Gasteiger partial charge in [-0.15, -0.1) is 17.5 Å². The normalized spacial score (nSPS) is 13.8. The van der Waals surface area contributed by atoms with Crippen molar-refractivity contribution in [2.75, 3.05) is 6.54 Å². The van der Waals surface area contributed by atoms with Gasteiger partial charge in [-0.25, -0.2) is 4.68 Å². The van der Waals surface area contributed by atoms with E-state index < -0.39 is 23.2 Å². The monoisotopic (exact) mass is 391 g/mol. The Bertz CT molecular complexity index is 762. The van der Waals surface area contributed by atoms with Crippen LogP contribution < -0.4 is 11.1 Å². The molecule has 0 bridgehead atoms. The summed E-state index contributed by atoms with van der Waals surface area (Å²) in [7, 11) is 0. The summed E-state index contributed by atoms with van der Waals surface area (Å²) in [6.07, 6.45) is -3.18. The van der Waals surface area contributed by atoms with Crippen LogP contribution in [0.2, 0.25) is 0 Å². The lowest BCUT2D eigenvalue weighted by molar-refractivity contribution is -0.137. The van der Waals surface area contributed by atoms with Crippen LogP contribution in [0, 0.1) is 5.92 Å². The molecule has 0 radical (unpaired) electrons. The number of alkyl halides is 3. The first kappa shape index (κ1) is 21.9. The Morgan fingerprint density at radius 2 is 2.00 bits per heavy atom. The maximum absolute atomic E-state index is 12.8.